The lowest BCUT2D eigenvalue weighted by Gasteiger charge is -2.08. The van der Waals surface area contributed by atoms with E-state index in [0.29, 0.717) is 6.07 Å². The largest absolute Gasteiger partial charge is 0.419 e. The predicted molar refractivity (Wildman–Crippen MR) is 42.8 cm³/mol. The molecule has 0 atom stereocenters. The topological polar surface area (TPSA) is 56.0 Å². The highest BCUT2D eigenvalue weighted by atomic mass is 35.5. The monoisotopic (exact) mass is 224 g/mol. The van der Waals surface area contributed by atoms with Crippen LogP contribution in [0.25, 0.3) is 0 Å². The molecule has 0 bridgehead atoms. The number of hydrogen-bond donors (Lipinski definition) is 1. The SMILES string of the molecule is NC(=O)c1cnc(Cl)c(C(F)(F)F)c1. The van der Waals surface area contributed by atoms with E-state index < -0.39 is 22.8 Å². The van der Waals surface area contributed by atoms with E-state index in [4.69, 9.17) is 17.3 Å². The number of alkyl halides is 3. The number of primary amides is 1. The number of halogens is 4. The number of carbonyl (C=O) groups is 1. The molecular formula is C7H4ClF3N2O. The lowest BCUT2D eigenvalue weighted by molar-refractivity contribution is -0.137. The first kappa shape index (κ1) is 10.8. The van der Waals surface area contributed by atoms with Crippen LogP contribution in [0.15, 0.2) is 12.3 Å². The number of carbonyl (C=O) groups excluding carboxylic acids is 1. The summed E-state index contributed by atoms with van der Waals surface area (Å²) in [6, 6.07) is 0.567. The third-order valence-corrected chi connectivity index (χ3v) is 1.73. The van der Waals surface area contributed by atoms with Crippen LogP contribution >= 0.6 is 11.6 Å². The van der Waals surface area contributed by atoms with Gasteiger partial charge in [-0.3, -0.25) is 4.79 Å². The van der Waals surface area contributed by atoms with Crippen molar-refractivity contribution in [2.24, 2.45) is 5.73 Å². The molecule has 1 amide bonds. The molecule has 0 aliphatic carbocycles. The third kappa shape index (κ3) is 2.14. The van der Waals surface area contributed by atoms with Crippen molar-refractivity contribution in [2.75, 3.05) is 0 Å². The number of nitrogens with zero attached hydrogens (tertiary/aromatic N) is 1. The lowest BCUT2D eigenvalue weighted by atomic mass is 10.2. The maximum absolute atomic E-state index is 12.2. The minimum atomic E-state index is -4.64. The van der Waals surface area contributed by atoms with Gasteiger partial charge in [-0.05, 0) is 6.07 Å². The molecule has 1 aromatic heterocycles. The number of hydrogen-bond acceptors (Lipinski definition) is 2. The van der Waals surface area contributed by atoms with Crippen LogP contribution in [0.1, 0.15) is 15.9 Å². The molecular weight excluding hydrogens is 221 g/mol. The molecule has 0 radical (unpaired) electrons. The highest BCUT2D eigenvalue weighted by Gasteiger charge is 2.34. The molecule has 0 fully saturated rings. The smallest absolute Gasteiger partial charge is 0.366 e. The summed E-state index contributed by atoms with van der Waals surface area (Å²) in [6.45, 7) is 0. The minimum Gasteiger partial charge on any atom is -0.366 e. The van der Waals surface area contributed by atoms with Gasteiger partial charge in [0.2, 0.25) is 5.91 Å². The molecule has 3 nitrogen and oxygen atoms in total. The average molecular weight is 225 g/mol. The van der Waals surface area contributed by atoms with Gasteiger partial charge >= 0.3 is 6.18 Å². The second-order valence-electron chi connectivity index (χ2n) is 2.42. The molecule has 1 heterocycles. The summed E-state index contributed by atoms with van der Waals surface area (Å²) in [7, 11) is 0. The average Bonchev–Trinajstić information content (AvgIpc) is 2.02. The van der Waals surface area contributed by atoms with Gasteiger partial charge in [-0.15, -0.1) is 0 Å². The highest BCUT2D eigenvalue weighted by Crippen LogP contribution is 2.33. The van der Waals surface area contributed by atoms with Gasteiger partial charge in [0.05, 0.1) is 11.1 Å². The molecule has 0 aliphatic rings. The Morgan fingerprint density at radius 3 is 2.50 bits per heavy atom. The van der Waals surface area contributed by atoms with E-state index in [-0.39, 0.29) is 5.56 Å². The van der Waals surface area contributed by atoms with Crippen LogP contribution in [0.5, 0.6) is 0 Å². The molecule has 0 spiro atoms. The Hall–Kier alpha value is -1.30. The van der Waals surface area contributed by atoms with Crippen LogP contribution in [0.2, 0.25) is 5.15 Å². The molecule has 0 saturated carbocycles. The normalized spacial score (nSPS) is 11.4. The van der Waals surface area contributed by atoms with Crippen molar-refractivity contribution >= 4 is 17.5 Å². The summed E-state index contributed by atoms with van der Waals surface area (Å²) < 4.78 is 36.6. The van der Waals surface area contributed by atoms with Crippen LogP contribution in [0.4, 0.5) is 13.2 Å². The van der Waals surface area contributed by atoms with Crippen molar-refractivity contribution in [3.8, 4) is 0 Å². The zero-order valence-corrected chi connectivity index (χ0v) is 7.36. The molecule has 2 N–H and O–H groups in total. The second kappa shape index (κ2) is 3.45. The molecule has 7 heteroatoms. The molecule has 0 aliphatic heterocycles. The van der Waals surface area contributed by atoms with Crippen molar-refractivity contribution in [3.05, 3.63) is 28.5 Å². The van der Waals surface area contributed by atoms with Gasteiger partial charge in [-0.2, -0.15) is 13.2 Å². The zero-order chi connectivity index (χ0) is 10.9. The van der Waals surface area contributed by atoms with Gasteiger partial charge in [0.25, 0.3) is 0 Å². The summed E-state index contributed by atoms with van der Waals surface area (Å²) >= 11 is 5.20. The van der Waals surface area contributed by atoms with E-state index >= 15 is 0 Å². The molecule has 1 aromatic rings. The molecule has 0 unspecified atom stereocenters. The maximum Gasteiger partial charge on any atom is 0.419 e. The summed E-state index contributed by atoms with van der Waals surface area (Å²) in [6.07, 6.45) is -3.75. The van der Waals surface area contributed by atoms with E-state index in [9.17, 15) is 18.0 Å². The lowest BCUT2D eigenvalue weighted by Crippen LogP contribution is -2.14. The van der Waals surface area contributed by atoms with Gasteiger partial charge in [0.1, 0.15) is 5.15 Å². The van der Waals surface area contributed by atoms with Gasteiger partial charge < -0.3 is 5.73 Å². The van der Waals surface area contributed by atoms with E-state index in [1.54, 1.807) is 0 Å². The Labute approximate surface area is 81.7 Å². The fourth-order valence-corrected chi connectivity index (χ4v) is 0.992. The molecule has 76 valence electrons. The van der Waals surface area contributed by atoms with Crippen molar-refractivity contribution in [1.29, 1.82) is 0 Å². The number of pyridine rings is 1. The van der Waals surface area contributed by atoms with Crippen molar-refractivity contribution < 1.29 is 18.0 Å². The third-order valence-electron chi connectivity index (χ3n) is 1.43. The summed E-state index contributed by atoms with van der Waals surface area (Å²) in [5.41, 5.74) is 3.28. The van der Waals surface area contributed by atoms with Gasteiger partial charge in [-0.1, -0.05) is 11.6 Å². The van der Waals surface area contributed by atoms with Crippen LogP contribution in [-0.4, -0.2) is 10.9 Å². The predicted octanol–water partition coefficient (Wildman–Crippen LogP) is 1.85. The van der Waals surface area contributed by atoms with Gasteiger partial charge in [0.15, 0.2) is 0 Å². The first-order valence-corrected chi connectivity index (χ1v) is 3.72. The Bertz CT molecular complexity index is 378. The van der Waals surface area contributed by atoms with Crippen LogP contribution in [0, 0.1) is 0 Å². The summed E-state index contributed by atoms with van der Waals surface area (Å²) in [5, 5.41) is -0.706. The minimum absolute atomic E-state index is 0.332. The molecule has 1 rings (SSSR count). The summed E-state index contributed by atoms with van der Waals surface area (Å²) in [5.74, 6) is -0.986. The molecule has 0 aromatic carbocycles. The zero-order valence-electron chi connectivity index (χ0n) is 6.60. The van der Waals surface area contributed by atoms with Crippen LogP contribution < -0.4 is 5.73 Å². The van der Waals surface area contributed by atoms with E-state index in [2.05, 4.69) is 4.98 Å². The number of rotatable bonds is 1. The Balaban J connectivity index is 3.29. The Kier molecular flexibility index (Phi) is 2.66. The second-order valence-corrected chi connectivity index (χ2v) is 2.78. The van der Waals surface area contributed by atoms with Crippen molar-refractivity contribution in [3.63, 3.8) is 0 Å². The van der Waals surface area contributed by atoms with E-state index in [0.717, 1.165) is 6.20 Å². The fourth-order valence-electron chi connectivity index (χ4n) is 0.782. The fraction of sp³-hybridized carbons (Fsp3) is 0.143. The number of nitrogens with two attached hydrogens (primary N) is 1. The van der Waals surface area contributed by atoms with E-state index in [1.165, 1.54) is 0 Å². The number of aromatic nitrogens is 1. The van der Waals surface area contributed by atoms with Crippen LogP contribution in [0.3, 0.4) is 0 Å². The standard InChI is InChI=1S/C7H4ClF3N2O/c8-5-4(7(9,10)11)1-3(2-13-5)6(12)14/h1-2H,(H2,12,14). The van der Waals surface area contributed by atoms with Crippen molar-refractivity contribution in [1.82, 2.24) is 4.98 Å². The van der Waals surface area contributed by atoms with Gasteiger partial charge in [-0.25, -0.2) is 4.98 Å². The van der Waals surface area contributed by atoms with Crippen molar-refractivity contribution in [2.45, 2.75) is 6.18 Å². The Morgan fingerprint density at radius 1 is 1.50 bits per heavy atom. The van der Waals surface area contributed by atoms with Gasteiger partial charge in [0, 0.05) is 6.20 Å². The quantitative estimate of drug-likeness (QED) is 0.740. The first-order chi connectivity index (χ1) is 6.32. The summed E-state index contributed by atoms with van der Waals surface area (Å²) in [4.78, 5) is 13.8. The maximum atomic E-state index is 12.2. The van der Waals surface area contributed by atoms with Crippen LogP contribution in [-0.2, 0) is 6.18 Å². The highest BCUT2D eigenvalue weighted by molar-refractivity contribution is 6.30. The van der Waals surface area contributed by atoms with E-state index in [1.807, 2.05) is 0 Å². The molecule has 0 saturated heterocycles. The first-order valence-electron chi connectivity index (χ1n) is 3.35. The molecule has 14 heavy (non-hydrogen) atoms. The Morgan fingerprint density at radius 2 is 2.07 bits per heavy atom. The number of amides is 1.